The molecule has 1 saturated carbocycles. The Labute approximate surface area is 157 Å². The summed E-state index contributed by atoms with van der Waals surface area (Å²) in [7, 11) is 0. The van der Waals surface area contributed by atoms with E-state index in [1.807, 2.05) is 0 Å². The van der Waals surface area contributed by atoms with Crippen molar-refractivity contribution in [1.82, 2.24) is 10.2 Å². The molecule has 3 rings (SSSR count). The van der Waals surface area contributed by atoms with E-state index in [2.05, 4.69) is 5.32 Å². The predicted octanol–water partition coefficient (Wildman–Crippen LogP) is 2.98. The molecule has 1 saturated heterocycles. The number of amides is 2. The number of nitrogens with two attached hydrogens (primary N) is 1. The Morgan fingerprint density at radius 2 is 1.68 bits per heavy atom. The monoisotopic (exact) mass is 383 g/mol. The van der Waals surface area contributed by atoms with Crippen LogP contribution >= 0.6 is 23.2 Å². The first-order valence-electron chi connectivity index (χ1n) is 8.77. The first-order chi connectivity index (χ1) is 11.9. The van der Waals surface area contributed by atoms with E-state index >= 15 is 0 Å². The van der Waals surface area contributed by atoms with Crippen LogP contribution in [0.4, 0.5) is 0 Å². The third-order valence-corrected chi connectivity index (χ3v) is 5.48. The summed E-state index contributed by atoms with van der Waals surface area (Å²) in [6, 6.07) is 4.73. The number of benzene rings is 1. The average molecular weight is 384 g/mol. The fourth-order valence-electron chi connectivity index (χ4n) is 3.69. The molecule has 7 heteroatoms. The van der Waals surface area contributed by atoms with Gasteiger partial charge in [-0.2, -0.15) is 0 Å². The van der Waals surface area contributed by atoms with Crippen molar-refractivity contribution in [3.05, 3.63) is 33.8 Å². The van der Waals surface area contributed by atoms with Crippen molar-refractivity contribution in [1.29, 1.82) is 0 Å². The smallest absolute Gasteiger partial charge is 0.254 e. The molecule has 2 fully saturated rings. The van der Waals surface area contributed by atoms with Gasteiger partial charge in [0, 0.05) is 34.2 Å². The molecule has 2 aliphatic rings. The van der Waals surface area contributed by atoms with Gasteiger partial charge in [-0.05, 0) is 56.7 Å². The molecule has 5 nitrogen and oxygen atoms in total. The van der Waals surface area contributed by atoms with Crippen molar-refractivity contribution in [3.8, 4) is 0 Å². The van der Waals surface area contributed by atoms with Crippen LogP contribution in [0.25, 0.3) is 0 Å². The van der Waals surface area contributed by atoms with Crippen LogP contribution in [0.2, 0.25) is 10.0 Å². The lowest BCUT2D eigenvalue weighted by Gasteiger charge is -2.30. The molecule has 0 radical (unpaired) electrons. The predicted molar refractivity (Wildman–Crippen MR) is 98.9 cm³/mol. The number of hydrogen-bond donors (Lipinski definition) is 2. The van der Waals surface area contributed by atoms with E-state index in [1.54, 1.807) is 23.1 Å². The highest BCUT2D eigenvalue weighted by Gasteiger charge is 2.35. The quantitative estimate of drug-likeness (QED) is 0.841. The fourth-order valence-corrected chi connectivity index (χ4v) is 4.21. The van der Waals surface area contributed by atoms with Crippen molar-refractivity contribution in [2.45, 2.75) is 56.7 Å². The zero-order valence-electron chi connectivity index (χ0n) is 14.0. The summed E-state index contributed by atoms with van der Waals surface area (Å²) in [5, 5.41) is 3.92. The maximum atomic E-state index is 12.8. The Balaban J connectivity index is 1.67. The molecule has 1 aliphatic carbocycles. The van der Waals surface area contributed by atoms with Gasteiger partial charge in [0.2, 0.25) is 5.91 Å². The molecular formula is C18H23Cl2N3O2. The van der Waals surface area contributed by atoms with E-state index in [1.165, 1.54) is 0 Å². The molecule has 1 aromatic carbocycles. The molecule has 2 amide bonds. The van der Waals surface area contributed by atoms with Crippen LogP contribution in [-0.4, -0.2) is 41.4 Å². The molecule has 1 unspecified atom stereocenters. The lowest BCUT2D eigenvalue weighted by molar-refractivity contribution is -0.125. The second kappa shape index (κ2) is 7.94. The van der Waals surface area contributed by atoms with E-state index in [0.717, 1.165) is 32.1 Å². The largest absolute Gasteiger partial charge is 0.352 e. The van der Waals surface area contributed by atoms with Gasteiger partial charge in [-0.15, -0.1) is 0 Å². The van der Waals surface area contributed by atoms with Gasteiger partial charge < -0.3 is 16.0 Å². The van der Waals surface area contributed by atoms with Gasteiger partial charge in [-0.25, -0.2) is 0 Å². The molecular weight excluding hydrogens is 361 g/mol. The van der Waals surface area contributed by atoms with Crippen LogP contribution in [0.3, 0.4) is 0 Å². The Hall–Kier alpha value is -1.30. The molecule has 1 heterocycles. The van der Waals surface area contributed by atoms with Gasteiger partial charge in [0.1, 0.15) is 6.04 Å². The number of halogens is 2. The molecule has 25 heavy (non-hydrogen) atoms. The van der Waals surface area contributed by atoms with E-state index < -0.39 is 6.04 Å². The minimum Gasteiger partial charge on any atom is -0.352 e. The molecule has 0 spiro atoms. The first kappa shape index (κ1) is 18.5. The highest BCUT2D eigenvalue weighted by atomic mass is 35.5. The number of likely N-dealkylation sites (tertiary alicyclic amines) is 1. The van der Waals surface area contributed by atoms with Crippen molar-refractivity contribution < 1.29 is 9.59 Å². The Morgan fingerprint density at radius 1 is 1.04 bits per heavy atom. The SMILES string of the molecule is NC1CCC(NC(=O)C2CCCN2C(=O)c2cc(Cl)cc(Cl)c2)CC1. The highest BCUT2D eigenvalue weighted by molar-refractivity contribution is 6.35. The van der Waals surface area contributed by atoms with E-state index in [-0.39, 0.29) is 23.9 Å². The summed E-state index contributed by atoms with van der Waals surface area (Å²) in [6.07, 6.45) is 5.15. The van der Waals surface area contributed by atoms with Gasteiger partial charge in [0.25, 0.3) is 5.91 Å². The second-order valence-electron chi connectivity index (χ2n) is 6.93. The summed E-state index contributed by atoms with van der Waals surface area (Å²) in [5.41, 5.74) is 6.33. The average Bonchev–Trinajstić information content (AvgIpc) is 3.05. The standard InChI is InChI=1S/C18H23Cl2N3O2/c19-12-8-11(9-13(20)10-12)18(25)23-7-1-2-16(23)17(24)22-15-5-3-14(21)4-6-15/h8-10,14-16H,1-7,21H2,(H,22,24). The number of hydrogen-bond acceptors (Lipinski definition) is 3. The fraction of sp³-hybridized carbons (Fsp3) is 0.556. The van der Waals surface area contributed by atoms with Crippen LogP contribution in [0.1, 0.15) is 48.9 Å². The Bertz CT molecular complexity index is 639. The zero-order chi connectivity index (χ0) is 18.0. The van der Waals surface area contributed by atoms with Gasteiger partial charge in [0.05, 0.1) is 0 Å². The summed E-state index contributed by atoms with van der Waals surface area (Å²) in [5.74, 6) is -0.271. The van der Waals surface area contributed by atoms with Crippen LogP contribution in [-0.2, 0) is 4.79 Å². The maximum absolute atomic E-state index is 12.8. The molecule has 0 aromatic heterocycles. The van der Waals surface area contributed by atoms with Gasteiger partial charge in [-0.3, -0.25) is 9.59 Å². The molecule has 1 aliphatic heterocycles. The van der Waals surface area contributed by atoms with Gasteiger partial charge >= 0.3 is 0 Å². The number of rotatable bonds is 3. The molecule has 0 bridgehead atoms. The third-order valence-electron chi connectivity index (χ3n) is 5.04. The number of carbonyl (C=O) groups excluding carboxylic acids is 2. The third kappa shape index (κ3) is 4.46. The summed E-state index contributed by atoms with van der Waals surface area (Å²) in [6.45, 7) is 0.566. The summed E-state index contributed by atoms with van der Waals surface area (Å²) >= 11 is 12.0. The number of carbonyl (C=O) groups is 2. The maximum Gasteiger partial charge on any atom is 0.254 e. The van der Waals surface area contributed by atoms with Crippen molar-refractivity contribution in [2.75, 3.05) is 6.54 Å². The normalized spacial score (nSPS) is 26.5. The first-order valence-corrected chi connectivity index (χ1v) is 9.52. The van der Waals surface area contributed by atoms with E-state index in [4.69, 9.17) is 28.9 Å². The van der Waals surface area contributed by atoms with Gasteiger partial charge in [-0.1, -0.05) is 23.2 Å². The highest BCUT2D eigenvalue weighted by Crippen LogP contribution is 2.25. The molecule has 136 valence electrons. The topological polar surface area (TPSA) is 75.4 Å². The van der Waals surface area contributed by atoms with Crippen LogP contribution in [0, 0.1) is 0 Å². The number of nitrogens with zero attached hydrogens (tertiary/aromatic N) is 1. The van der Waals surface area contributed by atoms with Crippen LogP contribution in [0.15, 0.2) is 18.2 Å². The van der Waals surface area contributed by atoms with Crippen LogP contribution in [0.5, 0.6) is 0 Å². The molecule has 1 atom stereocenters. The zero-order valence-corrected chi connectivity index (χ0v) is 15.5. The minimum absolute atomic E-state index is 0.0700. The number of nitrogens with one attached hydrogen (secondary N) is 1. The van der Waals surface area contributed by atoms with Crippen molar-refractivity contribution in [3.63, 3.8) is 0 Å². The molecule has 1 aromatic rings. The Morgan fingerprint density at radius 3 is 2.32 bits per heavy atom. The molecule has 3 N–H and O–H groups in total. The Kier molecular flexibility index (Phi) is 5.87. The van der Waals surface area contributed by atoms with Crippen molar-refractivity contribution in [2.24, 2.45) is 5.73 Å². The van der Waals surface area contributed by atoms with Gasteiger partial charge in [0.15, 0.2) is 0 Å². The minimum atomic E-state index is -0.430. The van der Waals surface area contributed by atoms with Crippen LogP contribution < -0.4 is 11.1 Å². The lowest BCUT2D eigenvalue weighted by Crippen LogP contribution is -2.50. The lowest BCUT2D eigenvalue weighted by atomic mass is 9.91. The second-order valence-corrected chi connectivity index (χ2v) is 7.81. The summed E-state index contributed by atoms with van der Waals surface area (Å²) in [4.78, 5) is 27.1. The van der Waals surface area contributed by atoms with Crippen molar-refractivity contribution >= 4 is 35.0 Å². The summed E-state index contributed by atoms with van der Waals surface area (Å²) < 4.78 is 0. The van der Waals surface area contributed by atoms with E-state index in [0.29, 0.717) is 28.6 Å². The van der Waals surface area contributed by atoms with E-state index in [9.17, 15) is 9.59 Å².